The zero-order valence-corrected chi connectivity index (χ0v) is 14.2. The molecule has 1 fully saturated rings. The van der Waals surface area contributed by atoms with Crippen molar-refractivity contribution in [2.75, 3.05) is 18.4 Å². The summed E-state index contributed by atoms with van der Waals surface area (Å²) in [4.78, 5) is 40.7. The fourth-order valence-electron chi connectivity index (χ4n) is 2.30. The maximum Gasteiger partial charge on any atom is 0.292 e. The zero-order valence-electron chi connectivity index (χ0n) is 13.4. The fourth-order valence-corrected chi connectivity index (χ4v) is 3.56. The Balaban J connectivity index is 2.07. The molecular formula is C15H18N4O4S. The van der Waals surface area contributed by atoms with E-state index < -0.39 is 16.1 Å². The Morgan fingerprint density at radius 3 is 2.75 bits per heavy atom. The number of hydrogen-bond acceptors (Lipinski definition) is 6. The summed E-state index contributed by atoms with van der Waals surface area (Å²) in [5.41, 5.74) is -0.0580. The molecule has 1 saturated heterocycles. The van der Waals surface area contributed by atoms with E-state index in [9.17, 15) is 19.7 Å². The second kappa shape index (κ2) is 7.91. The second-order valence-corrected chi connectivity index (χ2v) is 6.14. The molecule has 1 unspecified atom stereocenters. The number of rotatable bonds is 6. The smallest absolute Gasteiger partial charge is 0.292 e. The van der Waals surface area contributed by atoms with Crippen LogP contribution in [0.1, 0.15) is 20.3 Å². The third kappa shape index (κ3) is 3.91. The van der Waals surface area contributed by atoms with Crippen molar-refractivity contribution in [2.45, 2.75) is 25.5 Å². The molecule has 128 valence electrons. The minimum absolute atomic E-state index is 0.0607. The van der Waals surface area contributed by atoms with Crippen LogP contribution in [0.25, 0.3) is 0 Å². The van der Waals surface area contributed by atoms with Crippen molar-refractivity contribution < 1.29 is 14.5 Å². The molecule has 0 aliphatic carbocycles. The number of nitrogens with zero attached hydrogens (tertiary/aromatic N) is 3. The molecule has 8 nitrogen and oxygen atoms in total. The van der Waals surface area contributed by atoms with E-state index in [0.717, 1.165) is 0 Å². The first kappa shape index (κ1) is 17.9. The lowest BCUT2D eigenvalue weighted by molar-refractivity contribution is -0.383. The number of aliphatic imine (C=N–C) groups is 1. The summed E-state index contributed by atoms with van der Waals surface area (Å²) < 4.78 is 0. The summed E-state index contributed by atoms with van der Waals surface area (Å²) in [6, 6.07) is 5.90. The van der Waals surface area contributed by atoms with Gasteiger partial charge in [-0.25, -0.2) is 0 Å². The molecule has 0 bridgehead atoms. The Morgan fingerprint density at radius 1 is 1.42 bits per heavy atom. The molecule has 9 heteroatoms. The van der Waals surface area contributed by atoms with E-state index in [1.807, 2.05) is 13.8 Å². The summed E-state index contributed by atoms with van der Waals surface area (Å²) in [6.07, 6.45) is -0.0607. The van der Waals surface area contributed by atoms with Crippen LogP contribution in [0, 0.1) is 10.1 Å². The third-order valence-corrected chi connectivity index (χ3v) is 4.59. The Labute approximate surface area is 143 Å². The number of carbonyl (C=O) groups is 2. The van der Waals surface area contributed by atoms with Crippen LogP contribution in [-0.2, 0) is 9.59 Å². The number of nitrogens with one attached hydrogen (secondary N) is 1. The van der Waals surface area contributed by atoms with Crippen molar-refractivity contribution in [3.8, 4) is 0 Å². The van der Waals surface area contributed by atoms with E-state index in [1.165, 1.54) is 30.0 Å². The van der Waals surface area contributed by atoms with Gasteiger partial charge in [-0.1, -0.05) is 23.9 Å². The fraction of sp³-hybridized carbons (Fsp3) is 0.400. The number of amidine groups is 1. The number of para-hydroxylation sites is 2. The molecule has 1 atom stereocenters. The number of hydrogen-bond donors (Lipinski definition) is 1. The van der Waals surface area contributed by atoms with Crippen molar-refractivity contribution in [2.24, 2.45) is 4.99 Å². The van der Waals surface area contributed by atoms with Crippen LogP contribution in [-0.4, -0.2) is 45.1 Å². The van der Waals surface area contributed by atoms with Gasteiger partial charge >= 0.3 is 0 Å². The average Bonchev–Trinajstić information content (AvgIpc) is 2.83. The standard InChI is InChI=1S/C15H18N4O4S/c1-3-16-15-18(4-2)14(21)12(24-15)9-13(20)17-10-7-5-6-8-11(10)19(22)23/h5-8,12H,3-4,9H2,1-2H3,(H,17,20). The number of thioether (sulfide) groups is 1. The maximum absolute atomic E-state index is 12.3. The Hall–Kier alpha value is -2.42. The Kier molecular flexibility index (Phi) is 5.91. The second-order valence-electron chi connectivity index (χ2n) is 4.97. The quantitative estimate of drug-likeness (QED) is 0.626. The molecule has 24 heavy (non-hydrogen) atoms. The lowest BCUT2D eigenvalue weighted by Crippen LogP contribution is -2.33. The summed E-state index contributed by atoms with van der Waals surface area (Å²) in [5.74, 6) is -0.601. The molecule has 2 amide bonds. The Morgan fingerprint density at radius 2 is 2.12 bits per heavy atom. The van der Waals surface area contributed by atoms with Gasteiger partial charge in [0.25, 0.3) is 5.69 Å². The first-order chi connectivity index (χ1) is 11.5. The molecule has 1 aliphatic heterocycles. The van der Waals surface area contributed by atoms with Gasteiger partial charge in [-0.2, -0.15) is 0 Å². The molecule has 1 heterocycles. The highest BCUT2D eigenvalue weighted by atomic mass is 32.2. The molecule has 1 aromatic rings. The van der Waals surface area contributed by atoms with Gasteiger partial charge in [-0.05, 0) is 19.9 Å². The lowest BCUT2D eigenvalue weighted by atomic mass is 10.2. The predicted molar refractivity (Wildman–Crippen MR) is 93.1 cm³/mol. The largest absolute Gasteiger partial charge is 0.320 e. The summed E-state index contributed by atoms with van der Waals surface area (Å²) in [7, 11) is 0. The minimum atomic E-state index is -0.560. The molecule has 1 aliphatic rings. The van der Waals surface area contributed by atoms with Gasteiger partial charge in [-0.15, -0.1) is 0 Å². The van der Waals surface area contributed by atoms with Crippen LogP contribution in [0.2, 0.25) is 0 Å². The highest BCUT2D eigenvalue weighted by Gasteiger charge is 2.38. The van der Waals surface area contributed by atoms with Crippen LogP contribution in [0.4, 0.5) is 11.4 Å². The van der Waals surface area contributed by atoms with Crippen LogP contribution < -0.4 is 5.32 Å². The van der Waals surface area contributed by atoms with E-state index in [1.54, 1.807) is 11.0 Å². The van der Waals surface area contributed by atoms with Gasteiger partial charge in [0.1, 0.15) is 10.9 Å². The zero-order chi connectivity index (χ0) is 17.7. The molecule has 0 saturated carbocycles. The molecule has 1 N–H and O–H groups in total. The topological polar surface area (TPSA) is 105 Å². The monoisotopic (exact) mass is 350 g/mol. The van der Waals surface area contributed by atoms with Crippen LogP contribution in [0.5, 0.6) is 0 Å². The van der Waals surface area contributed by atoms with E-state index in [4.69, 9.17) is 0 Å². The van der Waals surface area contributed by atoms with Crippen molar-refractivity contribution >= 4 is 40.1 Å². The summed E-state index contributed by atoms with van der Waals surface area (Å²) >= 11 is 1.26. The molecular weight excluding hydrogens is 332 g/mol. The van der Waals surface area contributed by atoms with Gasteiger partial charge in [0, 0.05) is 25.6 Å². The van der Waals surface area contributed by atoms with E-state index in [-0.39, 0.29) is 23.7 Å². The number of nitro groups is 1. The van der Waals surface area contributed by atoms with Crippen LogP contribution in [0.3, 0.4) is 0 Å². The van der Waals surface area contributed by atoms with Gasteiger partial charge < -0.3 is 5.32 Å². The van der Waals surface area contributed by atoms with Crippen molar-refractivity contribution in [1.82, 2.24) is 4.90 Å². The van der Waals surface area contributed by atoms with Gasteiger partial charge in [0.15, 0.2) is 5.17 Å². The van der Waals surface area contributed by atoms with Crippen LogP contribution in [0.15, 0.2) is 29.3 Å². The van der Waals surface area contributed by atoms with Crippen molar-refractivity contribution in [1.29, 1.82) is 0 Å². The molecule has 0 spiro atoms. The average molecular weight is 350 g/mol. The molecule has 0 aromatic heterocycles. The molecule has 1 aromatic carbocycles. The number of carbonyl (C=O) groups excluding carboxylic acids is 2. The number of nitro benzene ring substituents is 1. The van der Waals surface area contributed by atoms with Crippen molar-refractivity contribution in [3.63, 3.8) is 0 Å². The summed E-state index contributed by atoms with van der Waals surface area (Å²) in [5, 5.41) is 13.5. The number of benzene rings is 1. The lowest BCUT2D eigenvalue weighted by Gasteiger charge is -2.13. The Bertz CT molecular complexity index is 692. The summed E-state index contributed by atoms with van der Waals surface area (Å²) in [6.45, 7) is 4.77. The molecule has 0 radical (unpaired) electrons. The first-order valence-electron chi connectivity index (χ1n) is 7.53. The van der Waals surface area contributed by atoms with Gasteiger partial charge in [0.2, 0.25) is 11.8 Å². The van der Waals surface area contributed by atoms with E-state index in [0.29, 0.717) is 18.3 Å². The maximum atomic E-state index is 12.3. The normalized spacial score (nSPS) is 18.9. The SMILES string of the molecule is CCN=C1SC(CC(=O)Nc2ccccc2[N+](=O)[O-])C(=O)N1CC. The predicted octanol–water partition coefficient (Wildman–Crippen LogP) is 2.26. The number of amides is 2. The van der Waals surface area contributed by atoms with Gasteiger partial charge in [0.05, 0.1) is 4.92 Å². The first-order valence-corrected chi connectivity index (χ1v) is 8.41. The van der Waals surface area contributed by atoms with Gasteiger partial charge in [-0.3, -0.25) is 29.6 Å². The highest BCUT2D eigenvalue weighted by Crippen LogP contribution is 2.30. The van der Waals surface area contributed by atoms with Crippen LogP contribution >= 0.6 is 11.8 Å². The third-order valence-electron chi connectivity index (χ3n) is 3.38. The molecule has 2 rings (SSSR count). The highest BCUT2D eigenvalue weighted by molar-refractivity contribution is 8.15. The van der Waals surface area contributed by atoms with Crippen molar-refractivity contribution in [3.05, 3.63) is 34.4 Å². The van der Waals surface area contributed by atoms with E-state index >= 15 is 0 Å². The minimum Gasteiger partial charge on any atom is -0.320 e. The number of anilines is 1. The van der Waals surface area contributed by atoms with E-state index in [2.05, 4.69) is 10.3 Å².